The van der Waals surface area contributed by atoms with E-state index in [9.17, 15) is 4.79 Å². The van der Waals surface area contributed by atoms with Crippen molar-refractivity contribution in [1.82, 2.24) is 10.3 Å². The van der Waals surface area contributed by atoms with E-state index in [1.165, 1.54) is 13.5 Å². The van der Waals surface area contributed by atoms with Gasteiger partial charge in [0.15, 0.2) is 12.4 Å². The Hall–Kier alpha value is -2.31. The molecule has 1 aromatic rings. The molecular weight excluding hydrogens is 270 g/mol. The number of piperidine rings is 1. The summed E-state index contributed by atoms with van der Waals surface area (Å²) < 4.78 is 0. The van der Waals surface area contributed by atoms with Crippen LogP contribution in [0, 0.1) is 0 Å². The van der Waals surface area contributed by atoms with Crippen LogP contribution in [0.15, 0.2) is 23.5 Å². The van der Waals surface area contributed by atoms with Crippen LogP contribution in [0.5, 0.6) is 0 Å². The fourth-order valence-corrected chi connectivity index (χ4v) is 2.24. The van der Waals surface area contributed by atoms with Gasteiger partial charge in [-0.25, -0.2) is 4.98 Å². The van der Waals surface area contributed by atoms with E-state index < -0.39 is 0 Å². The zero-order chi connectivity index (χ0) is 15.1. The molecule has 1 saturated heterocycles. The summed E-state index contributed by atoms with van der Waals surface area (Å²) in [5, 5.41) is 6.25. The zero-order valence-electron chi connectivity index (χ0n) is 12.2. The van der Waals surface area contributed by atoms with Crippen molar-refractivity contribution in [2.24, 2.45) is 10.9 Å². The smallest absolute Gasteiger partial charge is 0.260 e. The van der Waals surface area contributed by atoms with E-state index in [2.05, 4.69) is 20.4 Å². The number of likely N-dealkylation sites (N-methyl/N-ethyl adjacent to an activating group) is 1. The minimum atomic E-state index is -0.256. The number of carbonyl (C=O) groups excluding carboxylic acids is 1. The summed E-state index contributed by atoms with van der Waals surface area (Å²) in [7, 11) is 1.54. The van der Waals surface area contributed by atoms with Crippen LogP contribution in [0.1, 0.15) is 24.8 Å². The predicted octanol–water partition coefficient (Wildman–Crippen LogP) is 0.455. The van der Waals surface area contributed by atoms with E-state index in [0.29, 0.717) is 0 Å². The van der Waals surface area contributed by atoms with Crippen molar-refractivity contribution in [1.29, 1.82) is 0 Å². The molecule has 7 nitrogen and oxygen atoms in total. The minimum absolute atomic E-state index is 0.156. The number of oxime groups is 1. The molecule has 0 saturated carbocycles. The molecule has 0 aliphatic carbocycles. The number of nitrogens with zero attached hydrogens (tertiary/aromatic N) is 3. The second-order valence-corrected chi connectivity index (χ2v) is 4.85. The molecule has 0 unspecified atom stereocenters. The van der Waals surface area contributed by atoms with Crippen LogP contribution in [-0.2, 0) is 9.63 Å². The Morgan fingerprint density at radius 1 is 1.48 bits per heavy atom. The summed E-state index contributed by atoms with van der Waals surface area (Å²) in [6.45, 7) is 1.78. The fraction of sp³-hybridized carbons (Fsp3) is 0.500. The highest BCUT2D eigenvalue weighted by molar-refractivity contribution is 6.01. The standard InChI is InChI=1S/C14H21N5O2/c1-16-12(20)10-21-18-13(15)11-6-5-7-17-14(11)19-8-3-2-4-9-19/h5-7H,2-4,8-10H2,1H3,(H2,15,18)(H,16,20). The summed E-state index contributed by atoms with van der Waals surface area (Å²) in [5.74, 6) is 0.795. The monoisotopic (exact) mass is 291 g/mol. The first kappa shape index (κ1) is 15.1. The molecule has 1 aromatic heterocycles. The first-order valence-corrected chi connectivity index (χ1v) is 7.08. The van der Waals surface area contributed by atoms with Gasteiger partial charge in [0.05, 0.1) is 5.56 Å². The van der Waals surface area contributed by atoms with E-state index in [1.54, 1.807) is 6.20 Å². The molecule has 0 spiro atoms. The largest absolute Gasteiger partial charge is 0.384 e. The third-order valence-corrected chi connectivity index (χ3v) is 3.36. The van der Waals surface area contributed by atoms with Crippen molar-refractivity contribution in [2.75, 3.05) is 31.6 Å². The molecule has 0 atom stereocenters. The number of amidine groups is 1. The average molecular weight is 291 g/mol. The van der Waals surface area contributed by atoms with E-state index in [4.69, 9.17) is 10.6 Å². The number of nitrogens with one attached hydrogen (secondary N) is 1. The third-order valence-electron chi connectivity index (χ3n) is 3.36. The topological polar surface area (TPSA) is 92.8 Å². The highest BCUT2D eigenvalue weighted by Gasteiger charge is 2.17. The quantitative estimate of drug-likeness (QED) is 0.467. The third kappa shape index (κ3) is 4.08. The first-order valence-electron chi connectivity index (χ1n) is 7.08. The second kappa shape index (κ2) is 7.47. The van der Waals surface area contributed by atoms with Crippen LogP contribution in [-0.4, -0.2) is 43.5 Å². The lowest BCUT2D eigenvalue weighted by atomic mass is 10.1. The maximum atomic E-state index is 11.1. The maximum absolute atomic E-state index is 11.1. The molecule has 7 heteroatoms. The predicted molar refractivity (Wildman–Crippen MR) is 81.0 cm³/mol. The van der Waals surface area contributed by atoms with Crippen LogP contribution in [0.4, 0.5) is 5.82 Å². The van der Waals surface area contributed by atoms with Gasteiger partial charge in [0, 0.05) is 26.3 Å². The van der Waals surface area contributed by atoms with Crippen LogP contribution in [0.2, 0.25) is 0 Å². The van der Waals surface area contributed by atoms with Gasteiger partial charge < -0.3 is 20.8 Å². The normalized spacial score (nSPS) is 15.7. The lowest BCUT2D eigenvalue weighted by Crippen LogP contribution is -2.32. The number of rotatable bonds is 5. The summed E-state index contributed by atoms with van der Waals surface area (Å²) in [6.07, 6.45) is 5.30. The van der Waals surface area contributed by atoms with Gasteiger partial charge in [-0.2, -0.15) is 0 Å². The molecule has 1 aliphatic rings. The van der Waals surface area contributed by atoms with E-state index in [1.807, 2.05) is 12.1 Å². The van der Waals surface area contributed by atoms with Gasteiger partial charge in [-0.05, 0) is 31.4 Å². The van der Waals surface area contributed by atoms with Crippen LogP contribution < -0.4 is 16.0 Å². The molecule has 2 heterocycles. The molecule has 0 aromatic carbocycles. The van der Waals surface area contributed by atoms with Gasteiger partial charge in [0.2, 0.25) is 0 Å². The average Bonchev–Trinajstić information content (AvgIpc) is 2.55. The molecular formula is C14H21N5O2. The molecule has 0 radical (unpaired) electrons. The van der Waals surface area contributed by atoms with Crippen molar-refractivity contribution in [3.05, 3.63) is 23.9 Å². The Balaban J connectivity index is 2.11. The molecule has 1 aliphatic heterocycles. The summed E-state index contributed by atoms with van der Waals surface area (Å²) in [5.41, 5.74) is 6.69. The van der Waals surface area contributed by atoms with E-state index >= 15 is 0 Å². The highest BCUT2D eigenvalue weighted by atomic mass is 16.6. The first-order chi connectivity index (χ1) is 10.2. The SMILES string of the molecule is CNC(=O)CO/N=C(/N)c1cccnc1N1CCCCC1. The Morgan fingerprint density at radius 2 is 2.24 bits per heavy atom. The summed E-state index contributed by atoms with van der Waals surface area (Å²) in [4.78, 5) is 22.6. The number of carbonyl (C=O) groups is 1. The Kier molecular flexibility index (Phi) is 5.36. The van der Waals surface area contributed by atoms with Crippen molar-refractivity contribution in [2.45, 2.75) is 19.3 Å². The van der Waals surface area contributed by atoms with Gasteiger partial charge in [-0.3, -0.25) is 4.79 Å². The van der Waals surface area contributed by atoms with Crippen LogP contribution >= 0.6 is 0 Å². The number of aromatic nitrogens is 1. The molecule has 0 bridgehead atoms. The fourth-order valence-electron chi connectivity index (χ4n) is 2.24. The molecule has 1 amide bonds. The van der Waals surface area contributed by atoms with Crippen LogP contribution in [0.25, 0.3) is 0 Å². The van der Waals surface area contributed by atoms with Gasteiger partial charge >= 0.3 is 0 Å². The minimum Gasteiger partial charge on any atom is -0.384 e. The van der Waals surface area contributed by atoms with Crippen LogP contribution in [0.3, 0.4) is 0 Å². The van der Waals surface area contributed by atoms with Crippen molar-refractivity contribution >= 4 is 17.6 Å². The zero-order valence-corrected chi connectivity index (χ0v) is 12.2. The molecule has 21 heavy (non-hydrogen) atoms. The van der Waals surface area contributed by atoms with Gasteiger partial charge in [-0.15, -0.1) is 0 Å². The van der Waals surface area contributed by atoms with Gasteiger partial charge in [0.25, 0.3) is 5.91 Å². The number of pyridine rings is 1. The van der Waals surface area contributed by atoms with E-state index in [0.717, 1.165) is 37.3 Å². The number of hydrogen-bond acceptors (Lipinski definition) is 5. The van der Waals surface area contributed by atoms with Crippen molar-refractivity contribution < 1.29 is 9.63 Å². The maximum Gasteiger partial charge on any atom is 0.260 e. The second-order valence-electron chi connectivity index (χ2n) is 4.85. The lowest BCUT2D eigenvalue weighted by molar-refractivity contribution is -0.125. The Bertz CT molecular complexity index is 512. The lowest BCUT2D eigenvalue weighted by Gasteiger charge is -2.29. The van der Waals surface area contributed by atoms with Gasteiger partial charge in [0.1, 0.15) is 5.82 Å². The van der Waals surface area contributed by atoms with Crippen molar-refractivity contribution in [3.8, 4) is 0 Å². The molecule has 114 valence electrons. The number of hydrogen-bond donors (Lipinski definition) is 2. The summed E-state index contributed by atoms with van der Waals surface area (Å²) >= 11 is 0. The highest BCUT2D eigenvalue weighted by Crippen LogP contribution is 2.21. The number of anilines is 1. The van der Waals surface area contributed by atoms with Crippen molar-refractivity contribution in [3.63, 3.8) is 0 Å². The van der Waals surface area contributed by atoms with Gasteiger partial charge in [-0.1, -0.05) is 5.16 Å². The molecule has 1 fully saturated rings. The Morgan fingerprint density at radius 3 is 2.95 bits per heavy atom. The number of amides is 1. The van der Waals surface area contributed by atoms with E-state index in [-0.39, 0.29) is 18.3 Å². The number of nitrogens with two attached hydrogens (primary N) is 1. The summed E-state index contributed by atoms with van der Waals surface area (Å²) in [6, 6.07) is 3.67. The Labute approximate surface area is 124 Å². The molecule has 3 N–H and O–H groups in total. The molecule has 2 rings (SSSR count).